The van der Waals surface area contributed by atoms with Gasteiger partial charge in [-0.25, -0.2) is 0 Å². The zero-order valence-electron chi connectivity index (χ0n) is 15.5. The molecule has 0 saturated carbocycles. The molecule has 150 valence electrons. The Morgan fingerprint density at radius 1 is 1.32 bits per heavy atom. The highest BCUT2D eigenvalue weighted by molar-refractivity contribution is 9.10. The fourth-order valence-corrected chi connectivity index (χ4v) is 4.21. The Kier molecular flexibility index (Phi) is 7.14. The zero-order valence-corrected chi connectivity index (χ0v) is 17.9. The first-order chi connectivity index (χ1) is 13.5. The summed E-state index contributed by atoms with van der Waals surface area (Å²) in [4.78, 5) is 39.8. The van der Waals surface area contributed by atoms with E-state index in [0.29, 0.717) is 48.0 Å². The van der Waals surface area contributed by atoms with E-state index in [-0.39, 0.29) is 23.7 Å². The van der Waals surface area contributed by atoms with Crippen LogP contribution in [0.3, 0.4) is 0 Å². The number of carbonyl (C=O) groups is 3. The topological polar surface area (TPSA) is 76.2 Å². The van der Waals surface area contributed by atoms with Crippen molar-refractivity contribution in [2.45, 2.75) is 13.3 Å². The first kappa shape index (κ1) is 20.9. The van der Waals surface area contributed by atoms with Gasteiger partial charge in [0.15, 0.2) is 6.61 Å². The number of benzene rings is 1. The molecule has 0 bridgehead atoms. The van der Waals surface area contributed by atoms with Crippen LogP contribution in [0.1, 0.15) is 18.9 Å². The van der Waals surface area contributed by atoms with E-state index in [1.54, 1.807) is 29.2 Å². The normalized spacial score (nSPS) is 18.9. The Balaban J connectivity index is 1.63. The average Bonchev–Trinajstić information content (AvgIpc) is 2.95. The molecule has 0 aromatic heterocycles. The number of hydrogen-bond acceptors (Lipinski definition) is 6. The summed E-state index contributed by atoms with van der Waals surface area (Å²) in [6, 6.07) is 5.31. The molecule has 7 nitrogen and oxygen atoms in total. The molecule has 1 aromatic carbocycles. The first-order valence-corrected chi connectivity index (χ1v) is 10.6. The van der Waals surface area contributed by atoms with Crippen molar-refractivity contribution >= 4 is 50.8 Å². The standard InChI is InChI=1S/C19H21BrN2O5S/c1-2-5-22-18(24)16(28-19(22)25)11-13-3-4-15(14(20)10-13)27-12-17(23)21-6-8-26-9-7-21/h3-4,10-11H,2,5-9,12H2,1H3/b16-11-. The Morgan fingerprint density at radius 3 is 2.75 bits per heavy atom. The van der Waals surface area contributed by atoms with E-state index in [0.717, 1.165) is 23.7 Å². The SMILES string of the molecule is CCCN1C(=O)S/C(=C\c2ccc(OCC(=O)N3CCOCC3)c(Br)c2)C1=O. The van der Waals surface area contributed by atoms with Gasteiger partial charge in [-0.1, -0.05) is 13.0 Å². The molecular weight excluding hydrogens is 448 g/mol. The first-order valence-electron chi connectivity index (χ1n) is 9.03. The highest BCUT2D eigenvalue weighted by Gasteiger charge is 2.34. The third-order valence-corrected chi connectivity index (χ3v) is 5.82. The maximum Gasteiger partial charge on any atom is 0.293 e. The van der Waals surface area contributed by atoms with Gasteiger partial charge in [-0.05, 0) is 57.9 Å². The predicted molar refractivity (Wildman–Crippen MR) is 110 cm³/mol. The molecule has 2 saturated heterocycles. The number of carbonyl (C=O) groups excluding carboxylic acids is 3. The van der Waals surface area contributed by atoms with Crippen LogP contribution in [0.5, 0.6) is 5.75 Å². The van der Waals surface area contributed by atoms with Crippen LogP contribution in [0.15, 0.2) is 27.6 Å². The molecular formula is C19H21BrN2O5S. The van der Waals surface area contributed by atoms with E-state index in [1.807, 2.05) is 6.92 Å². The fourth-order valence-electron chi connectivity index (χ4n) is 2.84. The summed E-state index contributed by atoms with van der Waals surface area (Å²) in [5.74, 6) is 0.200. The van der Waals surface area contributed by atoms with Crippen molar-refractivity contribution in [1.82, 2.24) is 9.80 Å². The van der Waals surface area contributed by atoms with Crippen molar-refractivity contribution in [2.24, 2.45) is 0 Å². The van der Waals surface area contributed by atoms with Gasteiger partial charge >= 0.3 is 0 Å². The quantitative estimate of drug-likeness (QED) is 0.596. The Hall–Kier alpha value is -1.84. The van der Waals surface area contributed by atoms with Gasteiger partial charge in [0.05, 0.1) is 22.6 Å². The maximum absolute atomic E-state index is 12.3. The molecule has 9 heteroatoms. The molecule has 0 radical (unpaired) electrons. The monoisotopic (exact) mass is 468 g/mol. The molecule has 3 rings (SSSR count). The summed E-state index contributed by atoms with van der Waals surface area (Å²) in [5.41, 5.74) is 0.765. The summed E-state index contributed by atoms with van der Waals surface area (Å²) in [6.07, 6.45) is 2.42. The number of ether oxygens (including phenoxy) is 2. The second-order valence-electron chi connectivity index (χ2n) is 6.31. The minimum Gasteiger partial charge on any atom is -0.483 e. The van der Waals surface area contributed by atoms with Gasteiger partial charge in [-0.15, -0.1) is 0 Å². The van der Waals surface area contributed by atoms with Crippen LogP contribution < -0.4 is 4.74 Å². The molecule has 2 aliphatic heterocycles. The van der Waals surface area contributed by atoms with Crippen molar-refractivity contribution in [2.75, 3.05) is 39.5 Å². The minimum absolute atomic E-state index is 0.0478. The number of thioether (sulfide) groups is 1. The number of amides is 3. The van der Waals surface area contributed by atoms with Crippen molar-refractivity contribution in [1.29, 1.82) is 0 Å². The van der Waals surface area contributed by atoms with Crippen LogP contribution in [-0.2, 0) is 14.3 Å². The van der Waals surface area contributed by atoms with Crippen LogP contribution in [-0.4, -0.2) is 66.3 Å². The average molecular weight is 469 g/mol. The third-order valence-electron chi connectivity index (χ3n) is 4.29. The molecule has 0 N–H and O–H groups in total. The van der Waals surface area contributed by atoms with Crippen molar-refractivity contribution < 1.29 is 23.9 Å². The summed E-state index contributed by atoms with van der Waals surface area (Å²) < 4.78 is 11.5. The van der Waals surface area contributed by atoms with Gasteiger partial charge in [0.1, 0.15) is 5.75 Å². The number of halogens is 1. The van der Waals surface area contributed by atoms with E-state index >= 15 is 0 Å². The molecule has 0 aliphatic carbocycles. The van der Waals surface area contributed by atoms with Crippen molar-refractivity contribution in [3.63, 3.8) is 0 Å². The molecule has 0 unspecified atom stereocenters. The van der Waals surface area contributed by atoms with Crippen LogP contribution in [0.25, 0.3) is 6.08 Å². The Morgan fingerprint density at radius 2 is 2.07 bits per heavy atom. The van der Waals surface area contributed by atoms with Gasteiger partial charge in [-0.2, -0.15) is 0 Å². The Labute approximate surface area is 176 Å². The second-order valence-corrected chi connectivity index (χ2v) is 8.15. The predicted octanol–water partition coefficient (Wildman–Crippen LogP) is 3.13. The lowest BCUT2D eigenvalue weighted by Gasteiger charge is -2.26. The highest BCUT2D eigenvalue weighted by Crippen LogP contribution is 2.34. The summed E-state index contributed by atoms with van der Waals surface area (Å²) in [7, 11) is 0. The minimum atomic E-state index is -0.260. The van der Waals surface area contributed by atoms with Crippen LogP contribution in [0.2, 0.25) is 0 Å². The largest absolute Gasteiger partial charge is 0.483 e. The van der Waals surface area contributed by atoms with E-state index in [1.165, 1.54) is 4.90 Å². The lowest BCUT2D eigenvalue weighted by Crippen LogP contribution is -2.43. The van der Waals surface area contributed by atoms with E-state index < -0.39 is 0 Å². The summed E-state index contributed by atoms with van der Waals surface area (Å²) in [5, 5.41) is -0.237. The molecule has 28 heavy (non-hydrogen) atoms. The number of imide groups is 1. The highest BCUT2D eigenvalue weighted by atomic mass is 79.9. The zero-order chi connectivity index (χ0) is 20.1. The fraction of sp³-hybridized carbons (Fsp3) is 0.421. The molecule has 2 aliphatic rings. The van der Waals surface area contributed by atoms with Crippen LogP contribution in [0, 0.1) is 0 Å². The summed E-state index contributed by atoms with van der Waals surface area (Å²) >= 11 is 4.39. The van der Waals surface area contributed by atoms with E-state index in [2.05, 4.69) is 15.9 Å². The smallest absolute Gasteiger partial charge is 0.293 e. The third kappa shape index (κ3) is 4.95. The van der Waals surface area contributed by atoms with Crippen LogP contribution in [0.4, 0.5) is 4.79 Å². The Bertz CT molecular complexity index is 808. The lowest BCUT2D eigenvalue weighted by atomic mass is 10.2. The molecule has 3 amide bonds. The van der Waals surface area contributed by atoms with Gasteiger partial charge in [0, 0.05) is 19.6 Å². The maximum atomic E-state index is 12.3. The molecule has 0 spiro atoms. The molecule has 2 heterocycles. The lowest BCUT2D eigenvalue weighted by molar-refractivity contribution is -0.137. The van der Waals surface area contributed by atoms with E-state index in [4.69, 9.17) is 9.47 Å². The number of nitrogens with zero attached hydrogens (tertiary/aromatic N) is 2. The van der Waals surface area contributed by atoms with Crippen LogP contribution >= 0.6 is 27.7 Å². The number of hydrogen-bond donors (Lipinski definition) is 0. The summed E-state index contributed by atoms with van der Waals surface area (Å²) in [6.45, 7) is 4.56. The molecule has 1 aromatic rings. The van der Waals surface area contributed by atoms with Gasteiger partial charge < -0.3 is 14.4 Å². The van der Waals surface area contributed by atoms with Gasteiger partial charge in [0.2, 0.25) is 0 Å². The molecule has 0 atom stereocenters. The van der Waals surface area contributed by atoms with Crippen molar-refractivity contribution in [3.05, 3.63) is 33.1 Å². The van der Waals surface area contributed by atoms with Crippen molar-refractivity contribution in [3.8, 4) is 5.75 Å². The second kappa shape index (κ2) is 9.58. The number of rotatable bonds is 6. The van der Waals surface area contributed by atoms with Gasteiger partial charge in [0.25, 0.3) is 17.1 Å². The van der Waals surface area contributed by atoms with E-state index in [9.17, 15) is 14.4 Å². The molecule has 2 fully saturated rings. The van der Waals surface area contributed by atoms with Gasteiger partial charge in [-0.3, -0.25) is 19.3 Å². The number of morpholine rings is 1.